The molecule has 0 aliphatic rings. The molecule has 5 aromatic heterocycles. The van der Waals surface area contributed by atoms with Crippen molar-refractivity contribution in [3.63, 3.8) is 0 Å². The van der Waals surface area contributed by atoms with Crippen molar-refractivity contribution in [1.29, 1.82) is 0 Å². The molecule has 5 heterocycles. The molecule has 0 bridgehead atoms. The van der Waals surface area contributed by atoms with Crippen molar-refractivity contribution in [2.45, 2.75) is 0 Å². The van der Waals surface area contributed by atoms with Gasteiger partial charge < -0.3 is 9.40 Å². The Morgan fingerprint density at radius 1 is 0.929 bits per heavy atom. The Hall–Kier alpha value is -4.20. The number of aromatic amines is 3. The second-order valence-corrected chi connectivity index (χ2v) is 6.47. The average molecular weight is 367 g/mol. The SMILES string of the molecule is c1cc2[nH]c(-c3n[nH]c4ccc(-c5cn[nH]c5)cc34)nc2c(-c2ccoc2)n1. The lowest BCUT2D eigenvalue weighted by Gasteiger charge is -1.98. The summed E-state index contributed by atoms with van der Waals surface area (Å²) in [7, 11) is 0. The number of imidazole rings is 1. The summed E-state index contributed by atoms with van der Waals surface area (Å²) in [6.07, 6.45) is 8.71. The number of nitrogens with zero attached hydrogens (tertiary/aromatic N) is 4. The van der Waals surface area contributed by atoms with Crippen molar-refractivity contribution in [3.05, 3.63) is 61.4 Å². The van der Waals surface area contributed by atoms with E-state index in [1.54, 1.807) is 24.9 Å². The molecule has 1 aromatic carbocycles. The predicted octanol–water partition coefficient (Wildman–Crippen LogP) is 4.15. The third-order valence-corrected chi connectivity index (χ3v) is 4.81. The zero-order valence-corrected chi connectivity index (χ0v) is 14.5. The van der Waals surface area contributed by atoms with E-state index in [1.165, 1.54) is 0 Å². The fraction of sp³-hybridized carbons (Fsp3) is 0. The van der Waals surface area contributed by atoms with Crippen LogP contribution in [0.4, 0.5) is 0 Å². The van der Waals surface area contributed by atoms with Crippen LogP contribution in [0.2, 0.25) is 0 Å². The number of furan rings is 1. The number of benzene rings is 1. The first-order chi connectivity index (χ1) is 13.9. The van der Waals surface area contributed by atoms with Gasteiger partial charge in [0.15, 0.2) is 5.82 Å². The van der Waals surface area contributed by atoms with E-state index in [0.717, 1.165) is 50.0 Å². The Balaban J connectivity index is 1.55. The molecule has 6 rings (SSSR count). The van der Waals surface area contributed by atoms with E-state index in [1.807, 2.05) is 30.5 Å². The fourth-order valence-electron chi connectivity index (χ4n) is 3.44. The summed E-state index contributed by atoms with van der Waals surface area (Å²) in [5, 5.41) is 15.4. The Bertz CT molecular complexity index is 1410. The van der Waals surface area contributed by atoms with Gasteiger partial charge in [0.1, 0.15) is 16.9 Å². The Morgan fingerprint density at radius 2 is 1.93 bits per heavy atom. The third-order valence-electron chi connectivity index (χ3n) is 4.81. The molecule has 0 spiro atoms. The standard InChI is InChI=1S/C20H13N7O/c1-2-15-14(7-11(1)13-8-22-23-9-13)18(27-26-15)20-24-16-3-5-21-17(19(16)25-20)12-4-6-28-10-12/h1-10H,(H,22,23)(H,24,25)(H,26,27). The fourth-order valence-corrected chi connectivity index (χ4v) is 3.44. The number of rotatable bonds is 3. The van der Waals surface area contributed by atoms with Crippen molar-refractivity contribution in [1.82, 2.24) is 35.3 Å². The summed E-state index contributed by atoms with van der Waals surface area (Å²) in [6.45, 7) is 0. The first-order valence-corrected chi connectivity index (χ1v) is 8.72. The molecule has 8 heteroatoms. The number of nitrogens with one attached hydrogen (secondary N) is 3. The van der Waals surface area contributed by atoms with Crippen molar-refractivity contribution in [2.24, 2.45) is 0 Å². The van der Waals surface area contributed by atoms with Crippen molar-refractivity contribution in [2.75, 3.05) is 0 Å². The Kier molecular flexibility index (Phi) is 3.01. The van der Waals surface area contributed by atoms with E-state index in [4.69, 9.17) is 9.40 Å². The number of hydrogen-bond acceptors (Lipinski definition) is 5. The molecule has 8 nitrogen and oxygen atoms in total. The zero-order valence-electron chi connectivity index (χ0n) is 14.5. The maximum atomic E-state index is 5.20. The molecule has 0 fully saturated rings. The second-order valence-electron chi connectivity index (χ2n) is 6.47. The number of hydrogen-bond donors (Lipinski definition) is 3. The first kappa shape index (κ1) is 14.9. The van der Waals surface area contributed by atoms with Crippen LogP contribution in [0.1, 0.15) is 0 Å². The molecule has 0 unspecified atom stereocenters. The minimum Gasteiger partial charge on any atom is -0.472 e. The molecule has 0 saturated carbocycles. The molecule has 3 N–H and O–H groups in total. The minimum absolute atomic E-state index is 0.684. The number of fused-ring (bicyclic) bond motifs is 2. The first-order valence-electron chi connectivity index (χ1n) is 8.72. The molecule has 28 heavy (non-hydrogen) atoms. The molecule has 0 aliphatic heterocycles. The maximum Gasteiger partial charge on any atom is 0.159 e. The summed E-state index contributed by atoms with van der Waals surface area (Å²) in [6, 6.07) is 9.91. The van der Waals surface area contributed by atoms with E-state index in [0.29, 0.717) is 5.82 Å². The van der Waals surface area contributed by atoms with E-state index in [2.05, 4.69) is 36.4 Å². The third kappa shape index (κ3) is 2.18. The van der Waals surface area contributed by atoms with E-state index in [9.17, 15) is 0 Å². The monoisotopic (exact) mass is 367 g/mol. The zero-order chi connectivity index (χ0) is 18.5. The van der Waals surface area contributed by atoms with E-state index < -0.39 is 0 Å². The lowest BCUT2D eigenvalue weighted by atomic mass is 10.1. The summed E-state index contributed by atoms with van der Waals surface area (Å²) in [5.74, 6) is 0.684. The summed E-state index contributed by atoms with van der Waals surface area (Å²) in [5.41, 5.74) is 7.10. The highest BCUT2D eigenvalue weighted by atomic mass is 16.3. The van der Waals surface area contributed by atoms with Gasteiger partial charge in [0.05, 0.1) is 29.8 Å². The van der Waals surface area contributed by atoms with Crippen molar-refractivity contribution in [3.8, 4) is 33.9 Å². The highest BCUT2D eigenvalue weighted by Gasteiger charge is 2.16. The molecule has 134 valence electrons. The topological polar surface area (TPSA) is 112 Å². The van der Waals surface area contributed by atoms with Gasteiger partial charge in [-0.3, -0.25) is 15.2 Å². The molecule has 0 atom stereocenters. The number of aromatic nitrogens is 7. The van der Waals surface area contributed by atoms with Gasteiger partial charge in [-0.15, -0.1) is 0 Å². The maximum absolute atomic E-state index is 5.20. The predicted molar refractivity (Wildman–Crippen MR) is 104 cm³/mol. The van der Waals surface area contributed by atoms with Crippen LogP contribution in [0, 0.1) is 0 Å². The lowest BCUT2D eigenvalue weighted by Crippen LogP contribution is -1.83. The van der Waals surface area contributed by atoms with Gasteiger partial charge in [0, 0.05) is 28.9 Å². The van der Waals surface area contributed by atoms with Gasteiger partial charge in [0.2, 0.25) is 0 Å². The molecule has 0 saturated heterocycles. The molecule has 0 amide bonds. The Morgan fingerprint density at radius 3 is 2.79 bits per heavy atom. The number of pyridine rings is 1. The Labute approximate surface area is 157 Å². The minimum atomic E-state index is 0.684. The van der Waals surface area contributed by atoms with Crippen LogP contribution >= 0.6 is 0 Å². The second kappa shape index (κ2) is 5.65. The van der Waals surface area contributed by atoms with Crippen molar-refractivity contribution >= 4 is 21.9 Å². The molecule has 0 aliphatic carbocycles. The van der Waals surface area contributed by atoms with Gasteiger partial charge in [-0.05, 0) is 29.8 Å². The average Bonchev–Trinajstić information content (AvgIpc) is 3.53. The van der Waals surface area contributed by atoms with Crippen LogP contribution in [0.15, 0.2) is 65.9 Å². The van der Waals surface area contributed by atoms with Crippen LogP contribution in [-0.2, 0) is 0 Å². The van der Waals surface area contributed by atoms with E-state index >= 15 is 0 Å². The van der Waals surface area contributed by atoms with E-state index in [-0.39, 0.29) is 0 Å². The van der Waals surface area contributed by atoms with Crippen molar-refractivity contribution < 1.29 is 4.42 Å². The van der Waals surface area contributed by atoms with Gasteiger partial charge in [-0.25, -0.2) is 4.98 Å². The summed E-state index contributed by atoms with van der Waals surface area (Å²) >= 11 is 0. The molecular weight excluding hydrogens is 354 g/mol. The summed E-state index contributed by atoms with van der Waals surface area (Å²) in [4.78, 5) is 12.6. The van der Waals surface area contributed by atoms with Gasteiger partial charge in [0.25, 0.3) is 0 Å². The van der Waals surface area contributed by atoms with Gasteiger partial charge >= 0.3 is 0 Å². The van der Waals surface area contributed by atoms with Gasteiger partial charge in [-0.2, -0.15) is 10.2 Å². The lowest BCUT2D eigenvalue weighted by molar-refractivity contribution is 0.568. The summed E-state index contributed by atoms with van der Waals surface area (Å²) < 4.78 is 5.20. The normalized spacial score (nSPS) is 11.6. The van der Waals surface area contributed by atoms with Crippen LogP contribution in [0.25, 0.3) is 55.8 Å². The van der Waals surface area contributed by atoms with Crippen LogP contribution in [0.5, 0.6) is 0 Å². The molecule has 6 aromatic rings. The quantitative estimate of drug-likeness (QED) is 0.435. The largest absolute Gasteiger partial charge is 0.472 e. The highest BCUT2D eigenvalue weighted by Crippen LogP contribution is 2.32. The van der Waals surface area contributed by atoms with Crippen LogP contribution < -0.4 is 0 Å². The molecule has 0 radical (unpaired) electrons. The van der Waals surface area contributed by atoms with Crippen LogP contribution in [-0.4, -0.2) is 35.3 Å². The highest BCUT2D eigenvalue weighted by molar-refractivity contribution is 5.97. The molecular formula is C20H13N7O. The smallest absolute Gasteiger partial charge is 0.159 e. The van der Waals surface area contributed by atoms with Crippen LogP contribution in [0.3, 0.4) is 0 Å². The van der Waals surface area contributed by atoms with Gasteiger partial charge in [-0.1, -0.05) is 6.07 Å². The number of H-pyrrole nitrogens is 3.